The van der Waals surface area contributed by atoms with Crippen molar-refractivity contribution < 1.29 is 33.8 Å². The average molecular weight is 584 g/mol. The van der Waals surface area contributed by atoms with Gasteiger partial charge >= 0.3 is 12.1 Å². The van der Waals surface area contributed by atoms with Crippen LogP contribution in [-0.4, -0.2) is 65.2 Å². The molecule has 0 spiro atoms. The molecule has 0 aliphatic rings. The van der Waals surface area contributed by atoms with E-state index < -0.39 is 41.6 Å². The smallest absolute Gasteiger partial charge is 0.408 e. The lowest BCUT2D eigenvalue weighted by Gasteiger charge is -2.35. The van der Waals surface area contributed by atoms with Gasteiger partial charge < -0.3 is 30.1 Å². The van der Waals surface area contributed by atoms with Gasteiger partial charge in [0.25, 0.3) is 0 Å². The molecule has 0 aliphatic carbocycles. The van der Waals surface area contributed by atoms with E-state index in [-0.39, 0.29) is 38.3 Å². The summed E-state index contributed by atoms with van der Waals surface area (Å²) in [5, 5.41) is 15.3. The second-order valence-electron chi connectivity index (χ2n) is 11.1. The van der Waals surface area contributed by atoms with Crippen LogP contribution >= 0.6 is 0 Å². The summed E-state index contributed by atoms with van der Waals surface area (Å²) in [5.41, 5.74) is 2.35. The molecule has 42 heavy (non-hydrogen) atoms. The second-order valence-corrected chi connectivity index (χ2v) is 11.1. The minimum atomic E-state index is -1.07. The van der Waals surface area contributed by atoms with Gasteiger partial charge in [-0.05, 0) is 82.3 Å². The number of phenols is 1. The fourth-order valence-electron chi connectivity index (χ4n) is 4.46. The molecular formula is C32H45N3O7. The van der Waals surface area contributed by atoms with Crippen LogP contribution in [0.3, 0.4) is 0 Å². The topological polar surface area (TPSA) is 134 Å². The van der Waals surface area contributed by atoms with E-state index in [1.165, 1.54) is 17.0 Å². The van der Waals surface area contributed by atoms with E-state index in [0.717, 1.165) is 11.1 Å². The summed E-state index contributed by atoms with van der Waals surface area (Å²) in [6.07, 6.45) is -0.132. The molecule has 0 saturated carbocycles. The number of nitrogens with one attached hydrogen (secondary N) is 2. The molecule has 2 unspecified atom stereocenters. The predicted molar refractivity (Wildman–Crippen MR) is 160 cm³/mol. The highest BCUT2D eigenvalue weighted by Gasteiger charge is 2.36. The van der Waals surface area contributed by atoms with Gasteiger partial charge in [-0.1, -0.05) is 37.3 Å². The zero-order valence-corrected chi connectivity index (χ0v) is 25.8. The molecule has 0 aromatic heterocycles. The molecule has 0 fully saturated rings. The summed E-state index contributed by atoms with van der Waals surface area (Å²) in [7, 11) is 0. The van der Waals surface area contributed by atoms with Crippen molar-refractivity contribution in [2.24, 2.45) is 0 Å². The van der Waals surface area contributed by atoms with Gasteiger partial charge in [-0.25, -0.2) is 4.79 Å². The molecule has 10 heteroatoms. The Morgan fingerprint density at radius 1 is 1.00 bits per heavy atom. The van der Waals surface area contributed by atoms with E-state index >= 15 is 0 Å². The number of ether oxygens (including phenoxy) is 2. The normalized spacial score (nSPS) is 12.5. The molecule has 0 saturated heterocycles. The molecule has 2 aromatic rings. The number of benzene rings is 2. The van der Waals surface area contributed by atoms with Gasteiger partial charge in [0.15, 0.2) is 0 Å². The maximum Gasteiger partial charge on any atom is 0.408 e. The number of aryl methyl sites for hydroxylation is 1. The lowest BCUT2D eigenvalue weighted by atomic mass is 9.94. The number of rotatable bonds is 13. The lowest BCUT2D eigenvalue weighted by molar-refractivity contribution is -0.144. The van der Waals surface area contributed by atoms with Gasteiger partial charge in [0.2, 0.25) is 11.8 Å². The van der Waals surface area contributed by atoms with E-state index in [9.17, 15) is 24.3 Å². The minimum Gasteiger partial charge on any atom is -0.508 e. The minimum absolute atomic E-state index is 0.00942. The largest absolute Gasteiger partial charge is 0.508 e. The summed E-state index contributed by atoms with van der Waals surface area (Å²) >= 11 is 0. The Morgan fingerprint density at radius 2 is 1.67 bits per heavy atom. The number of hydrogen-bond donors (Lipinski definition) is 3. The highest BCUT2D eigenvalue weighted by atomic mass is 16.6. The third kappa shape index (κ3) is 10.4. The molecule has 230 valence electrons. The van der Waals surface area contributed by atoms with E-state index in [1.807, 2.05) is 39.0 Å². The molecule has 2 atom stereocenters. The van der Waals surface area contributed by atoms with Crippen molar-refractivity contribution in [2.75, 3.05) is 19.7 Å². The van der Waals surface area contributed by atoms with Crippen LogP contribution in [-0.2, 0) is 30.3 Å². The third-order valence-corrected chi connectivity index (χ3v) is 6.55. The highest BCUT2D eigenvalue weighted by Crippen LogP contribution is 2.28. The van der Waals surface area contributed by atoms with Crippen molar-refractivity contribution in [3.63, 3.8) is 0 Å². The fourth-order valence-corrected chi connectivity index (χ4v) is 4.46. The zero-order chi connectivity index (χ0) is 31.4. The van der Waals surface area contributed by atoms with Crippen LogP contribution < -0.4 is 10.6 Å². The first-order valence-corrected chi connectivity index (χ1v) is 14.3. The summed E-state index contributed by atoms with van der Waals surface area (Å²) in [5.74, 6) is -1.28. The molecule has 0 radical (unpaired) electrons. The van der Waals surface area contributed by atoms with Gasteiger partial charge in [0, 0.05) is 19.5 Å². The van der Waals surface area contributed by atoms with Crippen LogP contribution in [0.15, 0.2) is 42.5 Å². The number of nitrogens with zero attached hydrogens (tertiary/aromatic N) is 1. The highest BCUT2D eigenvalue weighted by molar-refractivity contribution is 5.92. The number of amides is 3. The number of esters is 1. The Hall–Kier alpha value is -4.08. The summed E-state index contributed by atoms with van der Waals surface area (Å²) in [6.45, 7) is 13.1. The van der Waals surface area contributed by atoms with Gasteiger partial charge in [0.05, 0.1) is 13.0 Å². The fraction of sp³-hybridized carbons (Fsp3) is 0.500. The van der Waals surface area contributed by atoms with Crippen molar-refractivity contribution in [3.05, 3.63) is 64.7 Å². The number of alkyl carbamates (subject to hydrolysis) is 1. The first kappa shape index (κ1) is 34.1. The summed E-state index contributed by atoms with van der Waals surface area (Å²) in [6, 6.07) is 9.81. The van der Waals surface area contributed by atoms with Gasteiger partial charge in [-0.15, -0.1) is 0 Å². The first-order chi connectivity index (χ1) is 19.8. The SMILES string of the molecule is CCCN(C(=O)C(Cc1ccc(O)cc1)NC(=O)OC(C)(C)C)C(C(=O)NCCC(=O)OCC)c1cccc(C)c1C. The Morgan fingerprint density at radius 3 is 2.26 bits per heavy atom. The number of hydrogen-bond acceptors (Lipinski definition) is 7. The maximum absolute atomic E-state index is 14.3. The van der Waals surface area contributed by atoms with Crippen LogP contribution in [0.25, 0.3) is 0 Å². The van der Waals surface area contributed by atoms with Crippen molar-refractivity contribution in [2.45, 2.75) is 85.4 Å². The van der Waals surface area contributed by atoms with E-state index in [4.69, 9.17) is 9.47 Å². The molecule has 0 heterocycles. The maximum atomic E-state index is 14.3. The lowest BCUT2D eigenvalue weighted by Crippen LogP contribution is -2.54. The van der Waals surface area contributed by atoms with Crippen molar-refractivity contribution >= 4 is 23.9 Å². The third-order valence-electron chi connectivity index (χ3n) is 6.55. The van der Waals surface area contributed by atoms with Gasteiger partial charge in [0.1, 0.15) is 23.4 Å². The average Bonchev–Trinajstić information content (AvgIpc) is 2.90. The van der Waals surface area contributed by atoms with Gasteiger partial charge in [-0.2, -0.15) is 0 Å². The van der Waals surface area contributed by atoms with E-state index in [0.29, 0.717) is 17.5 Å². The van der Waals surface area contributed by atoms with Crippen LogP contribution in [0.4, 0.5) is 4.79 Å². The Balaban J connectivity index is 2.52. The van der Waals surface area contributed by atoms with E-state index in [2.05, 4.69) is 10.6 Å². The van der Waals surface area contributed by atoms with Crippen molar-refractivity contribution in [1.82, 2.24) is 15.5 Å². The van der Waals surface area contributed by atoms with E-state index in [1.54, 1.807) is 39.8 Å². The van der Waals surface area contributed by atoms with Crippen LogP contribution in [0.2, 0.25) is 0 Å². The first-order valence-electron chi connectivity index (χ1n) is 14.3. The van der Waals surface area contributed by atoms with Gasteiger partial charge in [-0.3, -0.25) is 14.4 Å². The quantitative estimate of drug-likeness (QED) is 0.296. The second kappa shape index (κ2) is 15.8. The number of carbonyl (C=O) groups is 4. The Labute approximate surface area is 248 Å². The van der Waals surface area contributed by atoms with Crippen LogP contribution in [0.5, 0.6) is 5.75 Å². The molecule has 10 nitrogen and oxygen atoms in total. The Kier molecular flexibility index (Phi) is 12.8. The molecule has 2 rings (SSSR count). The standard InChI is InChI=1S/C32H45N3O7/c1-8-19-35(28(25-12-10-11-21(3)22(25)4)29(38)33-18-17-27(37)41-9-2)30(39)26(34-31(40)42-32(5,6)7)20-23-13-15-24(36)16-14-23/h10-16,26,28,36H,8-9,17-20H2,1-7H3,(H,33,38)(H,34,40). The van der Waals surface area contributed by atoms with Crippen LogP contribution in [0.1, 0.15) is 75.8 Å². The predicted octanol–water partition coefficient (Wildman–Crippen LogP) is 4.49. The zero-order valence-electron chi connectivity index (χ0n) is 25.8. The molecular weight excluding hydrogens is 538 g/mol. The number of aromatic hydroxyl groups is 1. The molecule has 0 aliphatic heterocycles. The summed E-state index contributed by atoms with van der Waals surface area (Å²) < 4.78 is 10.4. The molecule has 3 N–H and O–H groups in total. The summed E-state index contributed by atoms with van der Waals surface area (Å²) in [4.78, 5) is 54.4. The molecule has 2 aromatic carbocycles. The molecule has 0 bridgehead atoms. The number of carbonyl (C=O) groups excluding carboxylic acids is 4. The Bertz CT molecular complexity index is 1220. The van der Waals surface area contributed by atoms with Crippen molar-refractivity contribution in [3.8, 4) is 5.75 Å². The number of phenolic OH excluding ortho intramolecular Hbond substituents is 1. The van der Waals surface area contributed by atoms with Crippen molar-refractivity contribution in [1.29, 1.82) is 0 Å². The van der Waals surface area contributed by atoms with Crippen LogP contribution in [0, 0.1) is 13.8 Å². The monoisotopic (exact) mass is 583 g/mol. The molecule has 3 amide bonds.